The Labute approximate surface area is 114 Å². The van der Waals surface area contributed by atoms with Crippen molar-refractivity contribution in [1.29, 1.82) is 0 Å². The minimum absolute atomic E-state index is 0.0553. The highest BCUT2D eigenvalue weighted by atomic mass is 16.1. The van der Waals surface area contributed by atoms with Crippen LogP contribution in [0.4, 0.5) is 0 Å². The highest BCUT2D eigenvalue weighted by Gasteiger charge is 2.17. The number of rotatable bonds is 2. The summed E-state index contributed by atoms with van der Waals surface area (Å²) in [5, 5.41) is 1.14. The number of fused-ring (bicyclic) bond motifs is 1. The highest BCUT2D eigenvalue weighted by Crippen LogP contribution is 2.22. The summed E-state index contributed by atoms with van der Waals surface area (Å²) in [4.78, 5) is 12.4. The van der Waals surface area contributed by atoms with Gasteiger partial charge in [-0.1, -0.05) is 12.1 Å². The average molecular weight is 258 g/mol. The molecule has 0 saturated carbocycles. The lowest BCUT2D eigenvalue weighted by Gasteiger charge is -2.20. The molecule has 3 heteroatoms. The second-order valence-corrected chi connectivity index (χ2v) is 6.16. The maximum atomic E-state index is 12.4. The molecule has 102 valence electrons. The van der Waals surface area contributed by atoms with Gasteiger partial charge in [-0.3, -0.25) is 4.79 Å². The number of pyridine rings is 1. The van der Waals surface area contributed by atoms with Gasteiger partial charge in [0.05, 0.1) is 5.52 Å². The van der Waals surface area contributed by atoms with Crippen molar-refractivity contribution in [2.24, 2.45) is 12.8 Å². The SMILES string of the molecule is Cc1ccc(C)c2c1cc(CC(C)(C)N)c(=O)n2C. The van der Waals surface area contributed by atoms with Gasteiger partial charge in [-0.05, 0) is 51.3 Å². The number of hydrogen-bond donors (Lipinski definition) is 1. The molecule has 0 aliphatic rings. The van der Waals surface area contributed by atoms with Crippen LogP contribution in [0.25, 0.3) is 10.9 Å². The van der Waals surface area contributed by atoms with Crippen LogP contribution in [0.5, 0.6) is 0 Å². The molecule has 1 aromatic heterocycles. The molecule has 2 N–H and O–H groups in total. The van der Waals surface area contributed by atoms with Gasteiger partial charge >= 0.3 is 0 Å². The van der Waals surface area contributed by atoms with E-state index < -0.39 is 0 Å². The predicted molar refractivity (Wildman–Crippen MR) is 80.6 cm³/mol. The van der Waals surface area contributed by atoms with Gasteiger partial charge in [0.2, 0.25) is 0 Å². The Hall–Kier alpha value is -1.61. The molecule has 0 radical (unpaired) electrons. The predicted octanol–water partition coefficient (Wildman–Crippen LogP) is 2.44. The number of hydrogen-bond acceptors (Lipinski definition) is 2. The molecule has 2 aromatic rings. The standard InChI is InChI=1S/C16H22N2O/c1-10-6-7-11(2)14-13(10)8-12(9-16(3,4)17)15(19)18(14)5/h6-8H,9,17H2,1-5H3. The van der Waals surface area contributed by atoms with Crippen LogP contribution in [0, 0.1) is 13.8 Å². The van der Waals surface area contributed by atoms with Gasteiger partial charge in [-0.25, -0.2) is 0 Å². The van der Waals surface area contributed by atoms with Crippen LogP contribution in [0.2, 0.25) is 0 Å². The molecule has 0 amide bonds. The Morgan fingerprint density at radius 3 is 2.37 bits per heavy atom. The summed E-state index contributed by atoms with van der Waals surface area (Å²) in [6.07, 6.45) is 0.586. The Kier molecular flexibility index (Phi) is 3.27. The zero-order valence-corrected chi connectivity index (χ0v) is 12.4. The van der Waals surface area contributed by atoms with E-state index in [0.717, 1.165) is 22.0 Å². The van der Waals surface area contributed by atoms with Crippen molar-refractivity contribution in [2.45, 2.75) is 39.7 Å². The lowest BCUT2D eigenvalue weighted by atomic mass is 9.95. The van der Waals surface area contributed by atoms with E-state index in [2.05, 4.69) is 19.1 Å². The van der Waals surface area contributed by atoms with E-state index in [1.807, 2.05) is 33.9 Å². The first-order valence-electron chi connectivity index (χ1n) is 6.58. The molecular formula is C16H22N2O. The zero-order chi connectivity index (χ0) is 14.4. The van der Waals surface area contributed by atoms with Crippen LogP contribution in [0.15, 0.2) is 23.0 Å². The third kappa shape index (κ3) is 2.56. The quantitative estimate of drug-likeness (QED) is 0.899. The molecule has 1 heterocycles. The molecule has 1 aromatic carbocycles. The van der Waals surface area contributed by atoms with Gasteiger partial charge in [0, 0.05) is 23.5 Å². The Bertz CT molecular complexity index is 690. The van der Waals surface area contributed by atoms with Crippen molar-refractivity contribution in [3.8, 4) is 0 Å². The van der Waals surface area contributed by atoms with Crippen molar-refractivity contribution >= 4 is 10.9 Å². The van der Waals surface area contributed by atoms with Crippen LogP contribution >= 0.6 is 0 Å². The van der Waals surface area contributed by atoms with Crippen LogP contribution in [0.1, 0.15) is 30.5 Å². The molecule has 19 heavy (non-hydrogen) atoms. The topological polar surface area (TPSA) is 48.0 Å². The number of benzene rings is 1. The van der Waals surface area contributed by atoms with Gasteiger partial charge in [-0.15, -0.1) is 0 Å². The zero-order valence-electron chi connectivity index (χ0n) is 12.4. The van der Waals surface area contributed by atoms with Gasteiger partial charge in [0.1, 0.15) is 0 Å². The minimum atomic E-state index is -0.377. The third-order valence-electron chi connectivity index (χ3n) is 3.52. The van der Waals surface area contributed by atoms with E-state index in [1.165, 1.54) is 5.56 Å². The first kappa shape index (κ1) is 13.8. The van der Waals surface area contributed by atoms with Crippen LogP contribution in [-0.2, 0) is 13.5 Å². The molecule has 0 saturated heterocycles. The second kappa shape index (κ2) is 4.49. The summed E-state index contributed by atoms with van der Waals surface area (Å²) in [7, 11) is 1.84. The molecule has 0 fully saturated rings. The molecule has 0 spiro atoms. The monoisotopic (exact) mass is 258 g/mol. The van der Waals surface area contributed by atoms with E-state index in [-0.39, 0.29) is 11.1 Å². The largest absolute Gasteiger partial charge is 0.325 e. The summed E-state index contributed by atoms with van der Waals surface area (Å²) in [6.45, 7) is 8.00. The summed E-state index contributed by atoms with van der Waals surface area (Å²) < 4.78 is 1.75. The van der Waals surface area contributed by atoms with E-state index in [4.69, 9.17) is 5.73 Å². The van der Waals surface area contributed by atoms with Crippen LogP contribution in [0.3, 0.4) is 0 Å². The first-order valence-corrected chi connectivity index (χ1v) is 6.58. The number of nitrogens with zero attached hydrogens (tertiary/aromatic N) is 1. The van der Waals surface area contributed by atoms with E-state index in [1.54, 1.807) is 4.57 Å². The van der Waals surface area contributed by atoms with Crippen LogP contribution < -0.4 is 11.3 Å². The van der Waals surface area contributed by atoms with E-state index in [0.29, 0.717) is 6.42 Å². The fourth-order valence-corrected chi connectivity index (χ4v) is 2.62. The summed E-state index contributed by atoms with van der Waals surface area (Å²) in [5.74, 6) is 0. The maximum absolute atomic E-state index is 12.4. The molecule has 0 aliphatic carbocycles. The Morgan fingerprint density at radius 1 is 1.21 bits per heavy atom. The van der Waals surface area contributed by atoms with Gasteiger partial charge in [0.15, 0.2) is 0 Å². The van der Waals surface area contributed by atoms with Gasteiger partial charge in [0.25, 0.3) is 5.56 Å². The molecule has 0 atom stereocenters. The van der Waals surface area contributed by atoms with E-state index in [9.17, 15) is 4.79 Å². The second-order valence-electron chi connectivity index (χ2n) is 6.16. The lowest BCUT2D eigenvalue weighted by Crippen LogP contribution is -2.37. The summed E-state index contributed by atoms with van der Waals surface area (Å²) in [6, 6.07) is 6.16. The molecule has 2 rings (SSSR count). The maximum Gasteiger partial charge on any atom is 0.254 e. The van der Waals surface area contributed by atoms with Crippen molar-refractivity contribution in [2.75, 3.05) is 0 Å². The third-order valence-corrected chi connectivity index (χ3v) is 3.52. The molecule has 0 unspecified atom stereocenters. The van der Waals surface area contributed by atoms with E-state index >= 15 is 0 Å². The lowest BCUT2D eigenvalue weighted by molar-refractivity contribution is 0.513. The molecule has 3 nitrogen and oxygen atoms in total. The van der Waals surface area contributed by atoms with Gasteiger partial charge in [-0.2, -0.15) is 0 Å². The van der Waals surface area contributed by atoms with Crippen molar-refractivity contribution in [3.05, 3.63) is 45.2 Å². The fourth-order valence-electron chi connectivity index (χ4n) is 2.62. The molecule has 0 aliphatic heterocycles. The Morgan fingerprint density at radius 2 is 1.79 bits per heavy atom. The first-order chi connectivity index (χ1) is 8.70. The molecular weight excluding hydrogens is 236 g/mol. The smallest absolute Gasteiger partial charge is 0.254 e. The highest BCUT2D eigenvalue weighted by molar-refractivity contribution is 5.85. The minimum Gasteiger partial charge on any atom is -0.325 e. The summed E-state index contributed by atoms with van der Waals surface area (Å²) >= 11 is 0. The average Bonchev–Trinajstić information content (AvgIpc) is 2.28. The normalized spacial score (nSPS) is 12.1. The van der Waals surface area contributed by atoms with Crippen molar-refractivity contribution < 1.29 is 0 Å². The van der Waals surface area contributed by atoms with Crippen LogP contribution in [-0.4, -0.2) is 10.1 Å². The number of nitrogens with two attached hydrogens (primary N) is 1. The number of aryl methyl sites for hydroxylation is 3. The van der Waals surface area contributed by atoms with Gasteiger partial charge < -0.3 is 10.3 Å². The Balaban J connectivity index is 2.81. The van der Waals surface area contributed by atoms with Crippen molar-refractivity contribution in [3.63, 3.8) is 0 Å². The summed E-state index contributed by atoms with van der Waals surface area (Å²) in [5.41, 5.74) is 9.84. The van der Waals surface area contributed by atoms with Crippen molar-refractivity contribution in [1.82, 2.24) is 4.57 Å². The fraction of sp³-hybridized carbons (Fsp3) is 0.438. The number of aromatic nitrogens is 1. The molecule has 0 bridgehead atoms.